The second-order valence-electron chi connectivity index (χ2n) is 32.8. The molecule has 0 bridgehead atoms. The lowest BCUT2D eigenvalue weighted by Gasteiger charge is -2.48. The fourth-order valence-corrected chi connectivity index (χ4v) is 16.8. The van der Waals surface area contributed by atoms with E-state index in [1.807, 2.05) is 95.7 Å². The molecule has 27 nitrogen and oxygen atoms in total. The summed E-state index contributed by atoms with van der Waals surface area (Å²) < 4.78 is 80.6. The second-order valence-corrected chi connectivity index (χ2v) is 32.8. The van der Waals surface area contributed by atoms with Crippen molar-refractivity contribution in [2.24, 2.45) is 41.4 Å². The lowest BCUT2D eigenvalue weighted by molar-refractivity contribution is -0.290. The van der Waals surface area contributed by atoms with Gasteiger partial charge in [0.1, 0.15) is 31.0 Å². The first-order valence-corrected chi connectivity index (χ1v) is 38.6. The molecular formula is C81H128N6O21. The number of amides is 2. The molecular weight excluding hydrogens is 1390 g/mol. The van der Waals surface area contributed by atoms with E-state index in [9.17, 15) is 38.7 Å². The molecule has 5 fully saturated rings. The van der Waals surface area contributed by atoms with Gasteiger partial charge in [-0.2, -0.15) is 0 Å². The highest BCUT2D eigenvalue weighted by Crippen LogP contribution is 2.44. The number of rotatable bonds is 26. The Balaban J connectivity index is 0.000000302. The molecule has 108 heavy (non-hydrogen) atoms. The molecule has 27 heteroatoms. The minimum atomic E-state index is -1.20. The van der Waals surface area contributed by atoms with Gasteiger partial charge in [-0.15, -0.1) is 0 Å². The first kappa shape index (κ1) is 88.8. The third kappa shape index (κ3) is 21.2. The summed E-state index contributed by atoms with van der Waals surface area (Å²) in [5.74, 6) is -5.84. The number of aliphatic hydroxyl groups is 1. The number of fused-ring (bicyclic) bond motifs is 1. The Morgan fingerprint density at radius 1 is 0.741 bits per heavy atom. The molecule has 8 rings (SSSR count). The van der Waals surface area contributed by atoms with Crippen LogP contribution >= 0.6 is 0 Å². The fourth-order valence-electron chi connectivity index (χ4n) is 16.8. The van der Waals surface area contributed by atoms with E-state index < -0.39 is 143 Å². The minimum Gasteiger partial charge on any atom is -0.459 e. The van der Waals surface area contributed by atoms with Crippen molar-refractivity contribution in [3.63, 3.8) is 0 Å². The zero-order valence-electron chi connectivity index (χ0n) is 68.5. The van der Waals surface area contributed by atoms with Crippen LogP contribution in [0.4, 0.5) is 9.59 Å². The first-order chi connectivity index (χ1) is 50.6. The van der Waals surface area contributed by atoms with Crippen LogP contribution < -0.4 is 21.3 Å². The van der Waals surface area contributed by atoms with Crippen molar-refractivity contribution in [1.29, 1.82) is 0 Å². The summed E-state index contributed by atoms with van der Waals surface area (Å²) in [6.45, 7) is 34.9. The number of methoxy groups -OCH3 is 2. The van der Waals surface area contributed by atoms with Crippen LogP contribution in [0.25, 0.3) is 0 Å². The molecule has 5 N–H and O–H groups in total. The molecule has 2 aromatic rings. The zero-order valence-corrected chi connectivity index (χ0v) is 68.5. The molecule has 6 aliphatic heterocycles. The van der Waals surface area contributed by atoms with Gasteiger partial charge in [-0.05, 0) is 171 Å². The van der Waals surface area contributed by atoms with Crippen molar-refractivity contribution >= 4 is 41.8 Å². The topological polar surface area (TPSA) is 314 Å². The maximum absolute atomic E-state index is 14.3. The van der Waals surface area contributed by atoms with Gasteiger partial charge in [0.25, 0.3) is 0 Å². The van der Waals surface area contributed by atoms with E-state index in [4.69, 9.17) is 61.6 Å². The van der Waals surface area contributed by atoms with Crippen LogP contribution in [0.5, 0.6) is 0 Å². The van der Waals surface area contributed by atoms with Crippen molar-refractivity contribution in [3.05, 3.63) is 83.1 Å². The first-order valence-electron chi connectivity index (χ1n) is 38.6. The van der Waals surface area contributed by atoms with Crippen LogP contribution in [0.15, 0.2) is 72.0 Å². The molecule has 5 saturated heterocycles. The summed E-state index contributed by atoms with van der Waals surface area (Å²) in [7, 11) is 11.3. The molecule has 0 radical (unpaired) electrons. The van der Waals surface area contributed by atoms with Crippen LogP contribution in [0.1, 0.15) is 184 Å². The summed E-state index contributed by atoms with van der Waals surface area (Å²) in [5.41, 5.74) is -2.95. The number of ketones is 1. The van der Waals surface area contributed by atoms with Gasteiger partial charge in [-0.25, -0.2) is 24.0 Å². The molecule has 608 valence electrons. The lowest BCUT2D eigenvalue weighted by Crippen LogP contribution is -2.60. The number of ether oxygens (including phenoxy) is 13. The van der Waals surface area contributed by atoms with E-state index >= 15 is 0 Å². The predicted octanol–water partition coefficient (Wildman–Crippen LogP) is 9.54. The maximum atomic E-state index is 14.3. The summed E-state index contributed by atoms with van der Waals surface area (Å²) in [5, 5.41) is 23.7. The van der Waals surface area contributed by atoms with Crippen molar-refractivity contribution < 1.29 is 100 Å². The van der Waals surface area contributed by atoms with E-state index in [1.54, 1.807) is 104 Å². The number of carbonyl (C=O) groups is 7. The molecule has 0 saturated carbocycles. The number of nitrogens with zero attached hydrogens (tertiary/aromatic N) is 2. The van der Waals surface area contributed by atoms with E-state index in [0.29, 0.717) is 74.1 Å². The van der Waals surface area contributed by atoms with Crippen molar-refractivity contribution in [2.75, 3.05) is 68.7 Å². The number of Topliss-reactive ketones (excluding diaryl/α,β-unsaturated/α-hetero) is 1. The van der Waals surface area contributed by atoms with Gasteiger partial charge < -0.3 is 97.8 Å². The molecule has 2 aromatic carbocycles. The standard InChI is InChI=1S/C42H67N3O11.C39H61N3O10/c1-14-32(46)42(10)34(44-39(49)56-42)28(6)43-22-24(2)21-41(9,50-13)35(26(4)33-27(5)36(47)55-40(7,8)54-33)53-38-25(3)31(45(11)12)20-30(52-38)23-51-37(48)29-18-16-15-17-19-29;1-12-30-39(8)32(41-37(46)52-39)26(6)40-20-22(2)19-38(7,47-11)33(24(4)31(43)25(5)34(44)50-30)51-36-23(3)29(42(9)10)18-28(49-36)21-48-35(45)27-16-14-13-15-17-27/h15-19,24-26,28,30-32,34-35,38,43,46H,14,20-23H2,1-13H3,(H,44,49);13-17,22-26,28-30,32-33,36,40H,12,18-21H2,1-11H3,(H,41,46)/t24-,25?,26+,28-,30?,31?,32-,34-,35-,38+,41-,42-;22-,23?,24+,25?,26-,28?,29?,30-,32-,33-,36+,38-,39-/m11/s1. The minimum absolute atomic E-state index is 0.00852. The monoisotopic (exact) mass is 1520 g/mol. The number of benzene rings is 2. The third-order valence-corrected chi connectivity index (χ3v) is 23.3. The van der Waals surface area contributed by atoms with Crippen LogP contribution in [0, 0.1) is 41.4 Å². The van der Waals surface area contributed by atoms with Crippen molar-refractivity contribution in [3.8, 4) is 0 Å². The van der Waals surface area contributed by atoms with Gasteiger partial charge in [0, 0.05) is 75.9 Å². The number of hydrogen-bond acceptors (Lipinski definition) is 25. The van der Waals surface area contributed by atoms with Crippen LogP contribution in [-0.2, 0) is 76.0 Å². The normalized spacial score (nSPS) is 34.6. The summed E-state index contributed by atoms with van der Waals surface area (Å²) in [6.07, 6.45) is -3.76. The van der Waals surface area contributed by atoms with Gasteiger partial charge in [-0.1, -0.05) is 91.8 Å². The number of nitrogens with one attached hydrogen (secondary N) is 4. The average Bonchev–Trinajstić information content (AvgIpc) is 1.42. The summed E-state index contributed by atoms with van der Waals surface area (Å²) in [4.78, 5) is 96.0. The van der Waals surface area contributed by atoms with Gasteiger partial charge >= 0.3 is 36.1 Å². The van der Waals surface area contributed by atoms with Crippen LogP contribution in [0.3, 0.4) is 0 Å². The number of aliphatic hydroxyl groups excluding tert-OH is 1. The number of hydrogen-bond donors (Lipinski definition) is 5. The van der Waals surface area contributed by atoms with Crippen molar-refractivity contribution in [1.82, 2.24) is 31.1 Å². The highest BCUT2D eigenvalue weighted by Gasteiger charge is 2.57. The number of cyclic esters (lactones) is 3. The quantitative estimate of drug-likeness (QED) is 0.0332. The van der Waals surface area contributed by atoms with Crippen molar-refractivity contribution in [2.45, 2.75) is 277 Å². The summed E-state index contributed by atoms with van der Waals surface area (Å²) in [6, 6.07) is 16.2. The van der Waals surface area contributed by atoms with Gasteiger partial charge in [0.2, 0.25) is 5.79 Å². The van der Waals surface area contributed by atoms with E-state index in [-0.39, 0.29) is 66.8 Å². The van der Waals surface area contributed by atoms with Crippen LogP contribution in [-0.4, -0.2) is 239 Å². The number of alkyl carbamates (subject to hydrolysis) is 2. The number of carbonyl (C=O) groups excluding carboxylic acids is 7. The summed E-state index contributed by atoms with van der Waals surface area (Å²) >= 11 is 0. The Hall–Kier alpha value is -6.37. The van der Waals surface area contributed by atoms with Gasteiger partial charge in [0.15, 0.2) is 29.6 Å². The Bertz CT molecular complexity index is 3370. The highest BCUT2D eigenvalue weighted by atomic mass is 16.7. The van der Waals surface area contributed by atoms with E-state index in [1.165, 1.54) is 6.92 Å². The molecule has 2 amide bonds. The zero-order chi connectivity index (χ0) is 80.3. The Morgan fingerprint density at radius 2 is 1.28 bits per heavy atom. The molecule has 0 aromatic heterocycles. The maximum Gasteiger partial charge on any atom is 0.408 e. The molecule has 7 unspecified atom stereocenters. The molecule has 0 aliphatic carbocycles. The molecule has 6 aliphatic rings. The Kier molecular flexibility index (Phi) is 31.1. The molecule has 6 heterocycles. The SMILES string of the molecule is CC[C@@H](O)[C@@]1(C)OC(=O)N[C@@H]1[C@@H](C)NC[C@H](C)C[C@@](C)(OC)[C@H](O[C@@H]1OC(COC(=O)c2ccccc2)CC(N(C)C)C1C)[C@@H](C)C1=C(C)C(=O)OC(C)(C)O1.CC[C@H]1OC(=O)C(C)C(=O)[C@H](C)[C@@H](O[C@@H]2OC(COC(=O)c3ccccc3)CC(N(C)C)C2C)[C@](C)(OC)C[C@@H](C)CN[C@H](C)[C@H]2NC(=O)O[C@@]21C. The fraction of sp³-hybridized carbons (Fsp3) is 0.741. The van der Waals surface area contributed by atoms with Gasteiger partial charge in [-0.3, -0.25) is 9.59 Å². The smallest absolute Gasteiger partial charge is 0.408 e. The van der Waals surface area contributed by atoms with Gasteiger partial charge in [0.05, 0.1) is 70.5 Å². The Labute approximate surface area is 640 Å². The average molecular weight is 1520 g/mol. The lowest BCUT2D eigenvalue weighted by atomic mass is 9.78. The second kappa shape index (κ2) is 37.8. The third-order valence-electron chi connectivity index (χ3n) is 23.3. The van der Waals surface area contributed by atoms with E-state index in [2.05, 4.69) is 51.8 Å². The predicted molar refractivity (Wildman–Crippen MR) is 403 cm³/mol. The Morgan fingerprint density at radius 3 is 1.80 bits per heavy atom. The highest BCUT2D eigenvalue weighted by molar-refractivity contribution is 6.00. The van der Waals surface area contributed by atoms with E-state index in [0.717, 1.165) is 0 Å². The largest absolute Gasteiger partial charge is 0.459 e. The molecule has 25 atom stereocenters. The number of esters is 4. The molecule has 0 spiro atoms. The van der Waals surface area contributed by atoms with Crippen LogP contribution in [0.2, 0.25) is 0 Å².